The zero-order valence-electron chi connectivity index (χ0n) is 11.8. The molecule has 108 valence electrons. The maximum absolute atomic E-state index is 8.23. The van der Waals surface area contributed by atoms with Crippen LogP contribution in [-0.2, 0) is 0 Å². The van der Waals surface area contributed by atoms with Crippen LogP contribution >= 0.6 is 0 Å². The van der Waals surface area contributed by atoms with E-state index >= 15 is 0 Å². The van der Waals surface area contributed by atoms with E-state index in [0.29, 0.717) is 22.8 Å². The van der Waals surface area contributed by atoms with Crippen molar-refractivity contribution in [1.82, 2.24) is 15.2 Å². The van der Waals surface area contributed by atoms with Crippen LogP contribution in [0.2, 0.25) is 0 Å². The van der Waals surface area contributed by atoms with Crippen molar-refractivity contribution in [3.63, 3.8) is 0 Å². The standard InChI is InChI=1S/C17H15N5/c18-15(8-6-12-4-2-1-3-5-12)14-10-13(7-9-16(14)19)17-20-11-21-22-17/h1-11,18H,19H2,(H,20,21,22)/b8-6+,18-15?. The fourth-order valence-corrected chi connectivity index (χ4v) is 2.11. The van der Waals surface area contributed by atoms with Crippen LogP contribution in [0.1, 0.15) is 11.1 Å². The molecule has 0 spiro atoms. The summed E-state index contributed by atoms with van der Waals surface area (Å²) in [6.07, 6.45) is 5.08. The number of nitrogens with one attached hydrogen (secondary N) is 2. The zero-order chi connectivity index (χ0) is 15.4. The van der Waals surface area contributed by atoms with Crippen molar-refractivity contribution in [1.29, 1.82) is 5.41 Å². The first-order valence-corrected chi connectivity index (χ1v) is 6.81. The van der Waals surface area contributed by atoms with E-state index in [1.54, 1.807) is 12.1 Å². The normalized spacial score (nSPS) is 10.9. The van der Waals surface area contributed by atoms with Crippen molar-refractivity contribution < 1.29 is 0 Å². The van der Waals surface area contributed by atoms with E-state index in [4.69, 9.17) is 11.1 Å². The van der Waals surface area contributed by atoms with Gasteiger partial charge >= 0.3 is 0 Å². The largest absolute Gasteiger partial charge is 0.398 e. The Hall–Kier alpha value is -3.21. The molecule has 0 bridgehead atoms. The summed E-state index contributed by atoms with van der Waals surface area (Å²) in [4.78, 5) is 4.11. The van der Waals surface area contributed by atoms with Crippen LogP contribution in [0.3, 0.4) is 0 Å². The minimum Gasteiger partial charge on any atom is -0.398 e. The number of nitrogens with two attached hydrogens (primary N) is 1. The van der Waals surface area contributed by atoms with Crippen molar-refractivity contribution in [3.05, 3.63) is 72.1 Å². The van der Waals surface area contributed by atoms with Gasteiger partial charge in [0, 0.05) is 16.8 Å². The third kappa shape index (κ3) is 2.93. The van der Waals surface area contributed by atoms with E-state index in [1.807, 2.05) is 48.5 Å². The van der Waals surface area contributed by atoms with Gasteiger partial charge in [0.2, 0.25) is 0 Å². The van der Waals surface area contributed by atoms with Crippen LogP contribution in [0, 0.1) is 5.41 Å². The van der Waals surface area contributed by atoms with Gasteiger partial charge in [0.15, 0.2) is 5.82 Å². The highest BCUT2D eigenvalue weighted by molar-refractivity contribution is 6.12. The van der Waals surface area contributed by atoms with Gasteiger partial charge in [-0.15, -0.1) is 0 Å². The molecule has 0 unspecified atom stereocenters. The van der Waals surface area contributed by atoms with Crippen LogP contribution in [0.4, 0.5) is 5.69 Å². The summed E-state index contributed by atoms with van der Waals surface area (Å²) >= 11 is 0. The van der Waals surface area contributed by atoms with Crippen LogP contribution in [0.25, 0.3) is 17.5 Å². The molecule has 5 nitrogen and oxygen atoms in total. The summed E-state index contributed by atoms with van der Waals surface area (Å²) in [5, 5.41) is 14.9. The smallest absolute Gasteiger partial charge is 0.155 e. The summed E-state index contributed by atoms with van der Waals surface area (Å²) in [7, 11) is 0. The van der Waals surface area contributed by atoms with Crippen molar-refractivity contribution in [2.45, 2.75) is 0 Å². The molecule has 3 rings (SSSR count). The molecular formula is C17H15N5. The first-order valence-electron chi connectivity index (χ1n) is 6.81. The number of nitrogen functional groups attached to an aromatic ring is 1. The highest BCUT2D eigenvalue weighted by Crippen LogP contribution is 2.21. The molecule has 0 aliphatic rings. The first-order chi connectivity index (χ1) is 10.7. The summed E-state index contributed by atoms with van der Waals surface area (Å²) in [6.45, 7) is 0. The summed E-state index contributed by atoms with van der Waals surface area (Å²) < 4.78 is 0. The van der Waals surface area contributed by atoms with Gasteiger partial charge in [-0.3, -0.25) is 5.10 Å². The lowest BCUT2D eigenvalue weighted by Crippen LogP contribution is -2.01. The van der Waals surface area contributed by atoms with Gasteiger partial charge in [0.05, 0.1) is 5.71 Å². The van der Waals surface area contributed by atoms with E-state index in [9.17, 15) is 0 Å². The average molecular weight is 289 g/mol. The maximum atomic E-state index is 8.23. The molecule has 3 aromatic rings. The minimum atomic E-state index is 0.350. The molecule has 22 heavy (non-hydrogen) atoms. The SMILES string of the molecule is N=C(/C=C/c1ccccc1)c1cc(-c2ncn[nH]2)ccc1N. The molecule has 0 radical (unpaired) electrons. The van der Waals surface area contributed by atoms with E-state index in [2.05, 4.69) is 15.2 Å². The number of aromatic nitrogens is 3. The number of hydrogen-bond donors (Lipinski definition) is 3. The molecule has 4 N–H and O–H groups in total. The zero-order valence-corrected chi connectivity index (χ0v) is 11.8. The molecule has 0 amide bonds. The lowest BCUT2D eigenvalue weighted by molar-refractivity contribution is 1.10. The number of benzene rings is 2. The highest BCUT2D eigenvalue weighted by Gasteiger charge is 2.07. The molecule has 1 aromatic heterocycles. The van der Waals surface area contributed by atoms with E-state index in [1.165, 1.54) is 6.33 Å². The number of H-pyrrole nitrogens is 1. The molecular weight excluding hydrogens is 274 g/mol. The molecule has 0 saturated heterocycles. The lowest BCUT2D eigenvalue weighted by atomic mass is 10.0. The quantitative estimate of drug-likeness (QED) is 0.509. The van der Waals surface area contributed by atoms with Gasteiger partial charge in [0.1, 0.15) is 6.33 Å². The van der Waals surface area contributed by atoms with E-state index < -0.39 is 0 Å². The second kappa shape index (κ2) is 6.05. The maximum Gasteiger partial charge on any atom is 0.155 e. The molecule has 0 atom stereocenters. The monoisotopic (exact) mass is 289 g/mol. The average Bonchev–Trinajstić information content (AvgIpc) is 3.08. The van der Waals surface area contributed by atoms with Gasteiger partial charge in [-0.2, -0.15) is 5.10 Å². The van der Waals surface area contributed by atoms with Gasteiger partial charge < -0.3 is 11.1 Å². The van der Waals surface area contributed by atoms with Crippen molar-refractivity contribution in [2.75, 3.05) is 5.73 Å². The minimum absolute atomic E-state index is 0.350. The Balaban J connectivity index is 1.89. The Labute approximate surface area is 128 Å². The highest BCUT2D eigenvalue weighted by atomic mass is 15.2. The van der Waals surface area contributed by atoms with Crippen LogP contribution in [0.15, 0.2) is 60.9 Å². The number of anilines is 1. The van der Waals surface area contributed by atoms with Gasteiger partial charge in [-0.25, -0.2) is 4.98 Å². The Morgan fingerprint density at radius 1 is 1.14 bits per heavy atom. The fraction of sp³-hybridized carbons (Fsp3) is 0. The predicted octanol–water partition coefficient (Wildman–Crippen LogP) is 3.14. The second-order valence-corrected chi connectivity index (χ2v) is 4.79. The number of nitrogens with zero attached hydrogens (tertiary/aromatic N) is 2. The van der Waals surface area contributed by atoms with Crippen LogP contribution in [0.5, 0.6) is 0 Å². The summed E-state index contributed by atoms with van der Waals surface area (Å²) in [5.74, 6) is 0.654. The van der Waals surface area contributed by atoms with Gasteiger partial charge in [-0.1, -0.05) is 36.4 Å². The molecule has 2 aromatic carbocycles. The molecule has 0 aliphatic heterocycles. The van der Waals surface area contributed by atoms with Crippen molar-refractivity contribution in [2.24, 2.45) is 0 Å². The van der Waals surface area contributed by atoms with E-state index in [-0.39, 0.29) is 0 Å². The van der Waals surface area contributed by atoms with Crippen molar-refractivity contribution >= 4 is 17.5 Å². The van der Waals surface area contributed by atoms with Gasteiger partial charge in [-0.05, 0) is 29.8 Å². The predicted molar refractivity (Wildman–Crippen MR) is 88.5 cm³/mol. The molecule has 0 fully saturated rings. The first kappa shape index (κ1) is 13.8. The molecule has 1 heterocycles. The lowest BCUT2D eigenvalue weighted by Gasteiger charge is -2.06. The third-order valence-corrected chi connectivity index (χ3v) is 3.27. The Bertz CT molecular complexity index is 804. The molecule has 5 heteroatoms. The molecule has 0 aliphatic carbocycles. The van der Waals surface area contributed by atoms with Crippen LogP contribution < -0.4 is 5.73 Å². The number of hydrogen-bond acceptors (Lipinski definition) is 4. The van der Waals surface area contributed by atoms with Gasteiger partial charge in [0.25, 0.3) is 0 Å². The molecule has 0 saturated carbocycles. The second-order valence-electron chi connectivity index (χ2n) is 4.79. The Kier molecular flexibility index (Phi) is 3.78. The van der Waals surface area contributed by atoms with Crippen LogP contribution in [-0.4, -0.2) is 20.9 Å². The Morgan fingerprint density at radius 3 is 2.68 bits per heavy atom. The van der Waals surface area contributed by atoms with E-state index in [0.717, 1.165) is 11.1 Å². The third-order valence-electron chi connectivity index (χ3n) is 3.27. The fourth-order valence-electron chi connectivity index (χ4n) is 2.11. The van der Waals surface area contributed by atoms with Crippen molar-refractivity contribution in [3.8, 4) is 11.4 Å². The number of allylic oxidation sites excluding steroid dienone is 1. The summed E-state index contributed by atoms with van der Waals surface area (Å²) in [6, 6.07) is 15.3. The topological polar surface area (TPSA) is 91.4 Å². The Morgan fingerprint density at radius 2 is 1.95 bits per heavy atom. The number of rotatable bonds is 4. The number of aromatic amines is 1. The summed E-state index contributed by atoms with van der Waals surface area (Å²) in [5.41, 5.74) is 9.46.